The summed E-state index contributed by atoms with van der Waals surface area (Å²) >= 11 is 0. The standard InChI is InChI=1S/C35H35N5O6S/c1-4-45-35(42)27-11-8-14-36-32(27)37-18-22-15-23(17-25(16-22)46-21(2)3)28-19-38-33-30(28)31(47(43,44)26-9-6-5-7-10-26)29(20-39-33)34(41)40-24-12-13-24/h5-11,14-17,19-21,24H,4,12-13,18H2,1-3H3,(H,36,37)(H,38,39)(H,40,41). The van der Waals surface area contributed by atoms with Gasteiger partial charge in [0.25, 0.3) is 5.91 Å². The third kappa shape index (κ3) is 6.82. The van der Waals surface area contributed by atoms with Crippen molar-refractivity contribution in [2.45, 2.75) is 62.1 Å². The lowest BCUT2D eigenvalue weighted by atomic mass is 10.0. The van der Waals surface area contributed by atoms with Gasteiger partial charge in [-0.05, 0) is 87.2 Å². The Kier molecular flexibility index (Phi) is 8.95. The van der Waals surface area contributed by atoms with E-state index in [1.807, 2.05) is 32.0 Å². The average molecular weight is 654 g/mol. The zero-order chi connectivity index (χ0) is 33.1. The fourth-order valence-corrected chi connectivity index (χ4v) is 6.97. The number of benzene rings is 2. The number of esters is 1. The van der Waals surface area contributed by atoms with Crippen molar-refractivity contribution >= 4 is 38.6 Å². The van der Waals surface area contributed by atoms with Crippen LogP contribution in [0.3, 0.4) is 0 Å². The molecule has 0 atom stereocenters. The predicted molar refractivity (Wildman–Crippen MR) is 177 cm³/mol. The second kappa shape index (κ2) is 13.2. The van der Waals surface area contributed by atoms with E-state index in [1.54, 1.807) is 49.6 Å². The minimum Gasteiger partial charge on any atom is -0.491 e. The fraction of sp³-hybridized carbons (Fsp3) is 0.257. The van der Waals surface area contributed by atoms with Crippen molar-refractivity contribution in [2.24, 2.45) is 0 Å². The lowest BCUT2D eigenvalue weighted by Crippen LogP contribution is -2.27. The first-order valence-corrected chi connectivity index (χ1v) is 16.9. The van der Waals surface area contributed by atoms with Crippen LogP contribution < -0.4 is 15.4 Å². The first kappa shape index (κ1) is 31.7. The molecule has 3 N–H and O–H groups in total. The number of aromatic nitrogens is 3. The highest BCUT2D eigenvalue weighted by Gasteiger charge is 2.32. The van der Waals surface area contributed by atoms with Crippen molar-refractivity contribution in [3.05, 3.63) is 95.9 Å². The Morgan fingerprint density at radius 2 is 1.81 bits per heavy atom. The van der Waals surface area contributed by atoms with Gasteiger partial charge >= 0.3 is 5.97 Å². The smallest absolute Gasteiger partial charge is 0.341 e. The number of sulfone groups is 1. The Bertz CT molecular complexity index is 2060. The summed E-state index contributed by atoms with van der Waals surface area (Å²) < 4.78 is 39.9. The van der Waals surface area contributed by atoms with Crippen LogP contribution in [0.1, 0.15) is 59.9 Å². The van der Waals surface area contributed by atoms with E-state index >= 15 is 0 Å². The molecule has 1 saturated carbocycles. The van der Waals surface area contributed by atoms with E-state index in [0.29, 0.717) is 39.3 Å². The monoisotopic (exact) mass is 653 g/mol. The van der Waals surface area contributed by atoms with Crippen LogP contribution in [0.15, 0.2) is 89.0 Å². The van der Waals surface area contributed by atoms with E-state index in [9.17, 15) is 18.0 Å². The highest BCUT2D eigenvalue weighted by Crippen LogP contribution is 2.39. The molecule has 11 nitrogen and oxygen atoms in total. The first-order valence-electron chi connectivity index (χ1n) is 15.4. The summed E-state index contributed by atoms with van der Waals surface area (Å²) in [5.74, 6) is -0.0568. The number of H-pyrrole nitrogens is 1. The molecule has 0 saturated heterocycles. The van der Waals surface area contributed by atoms with Gasteiger partial charge in [-0.25, -0.2) is 23.2 Å². The number of hydrogen-bond donors (Lipinski definition) is 3. The Morgan fingerprint density at radius 3 is 2.53 bits per heavy atom. The molecule has 2 aromatic carbocycles. The van der Waals surface area contributed by atoms with Gasteiger partial charge < -0.3 is 25.1 Å². The van der Waals surface area contributed by atoms with E-state index in [2.05, 4.69) is 25.6 Å². The SMILES string of the molecule is CCOC(=O)c1cccnc1NCc1cc(OC(C)C)cc(-c2c[nH]c3ncc(C(=O)NC4CC4)c(S(=O)(=O)c4ccccc4)c23)c1. The van der Waals surface area contributed by atoms with Crippen LogP contribution >= 0.6 is 0 Å². The topological polar surface area (TPSA) is 152 Å². The third-order valence-electron chi connectivity index (χ3n) is 7.55. The number of carbonyl (C=O) groups excluding carboxylic acids is 2. The molecule has 3 heterocycles. The summed E-state index contributed by atoms with van der Waals surface area (Å²) in [5.41, 5.74) is 2.55. The predicted octanol–water partition coefficient (Wildman–Crippen LogP) is 5.93. The van der Waals surface area contributed by atoms with Crippen LogP contribution in [-0.2, 0) is 21.1 Å². The van der Waals surface area contributed by atoms with Gasteiger partial charge in [-0.15, -0.1) is 0 Å². The molecule has 1 fully saturated rings. The number of amides is 1. The minimum absolute atomic E-state index is 0.0135. The number of aromatic amines is 1. The average Bonchev–Trinajstić information content (AvgIpc) is 3.77. The van der Waals surface area contributed by atoms with Crippen LogP contribution in [0.2, 0.25) is 0 Å². The Hall–Kier alpha value is -5.23. The van der Waals surface area contributed by atoms with Crippen molar-refractivity contribution in [3.8, 4) is 16.9 Å². The van der Waals surface area contributed by atoms with Crippen LogP contribution in [0.25, 0.3) is 22.2 Å². The molecule has 6 rings (SSSR count). The van der Waals surface area contributed by atoms with Crippen molar-refractivity contribution < 1.29 is 27.5 Å². The molecule has 0 unspecified atom stereocenters. The Labute approximate surface area is 272 Å². The van der Waals surface area contributed by atoms with Crippen molar-refractivity contribution in [3.63, 3.8) is 0 Å². The summed E-state index contributed by atoms with van der Waals surface area (Å²) in [6.07, 6.45) is 6.13. The molecule has 1 aliphatic rings. The summed E-state index contributed by atoms with van der Waals surface area (Å²) in [6, 6.07) is 17.0. The second-order valence-corrected chi connectivity index (χ2v) is 13.4. The van der Waals surface area contributed by atoms with E-state index < -0.39 is 21.7 Å². The Balaban J connectivity index is 1.48. The number of fused-ring (bicyclic) bond motifs is 1. The highest BCUT2D eigenvalue weighted by molar-refractivity contribution is 7.91. The molecule has 1 amide bonds. The van der Waals surface area contributed by atoms with Gasteiger partial charge in [0, 0.05) is 42.1 Å². The minimum atomic E-state index is -4.18. The number of nitrogens with zero attached hydrogens (tertiary/aromatic N) is 2. The van der Waals surface area contributed by atoms with Gasteiger partial charge in [0.15, 0.2) is 0 Å². The van der Waals surface area contributed by atoms with E-state index in [1.165, 1.54) is 18.3 Å². The van der Waals surface area contributed by atoms with Gasteiger partial charge in [0.2, 0.25) is 9.84 Å². The van der Waals surface area contributed by atoms with Crippen LogP contribution in [0, 0.1) is 0 Å². The molecule has 0 bridgehead atoms. The van der Waals surface area contributed by atoms with Gasteiger partial charge in [0.05, 0.1) is 28.1 Å². The number of ether oxygens (including phenoxy) is 2. The lowest BCUT2D eigenvalue weighted by molar-refractivity contribution is 0.0527. The van der Waals surface area contributed by atoms with E-state index in [0.717, 1.165) is 18.4 Å². The van der Waals surface area contributed by atoms with Crippen molar-refractivity contribution in [1.29, 1.82) is 0 Å². The Morgan fingerprint density at radius 1 is 1.02 bits per heavy atom. The fourth-order valence-electron chi connectivity index (χ4n) is 5.31. The quantitative estimate of drug-likeness (QED) is 0.139. The van der Waals surface area contributed by atoms with Crippen LogP contribution in [-0.4, -0.2) is 54.0 Å². The van der Waals surface area contributed by atoms with Crippen LogP contribution in [0.4, 0.5) is 5.82 Å². The third-order valence-corrected chi connectivity index (χ3v) is 9.40. The van der Waals surface area contributed by atoms with Crippen molar-refractivity contribution in [1.82, 2.24) is 20.3 Å². The highest BCUT2D eigenvalue weighted by atomic mass is 32.2. The number of anilines is 1. The number of nitrogens with one attached hydrogen (secondary N) is 3. The van der Waals surface area contributed by atoms with Gasteiger partial charge in [-0.1, -0.05) is 18.2 Å². The number of pyridine rings is 2. The molecular weight excluding hydrogens is 618 g/mol. The molecule has 1 aliphatic carbocycles. The lowest BCUT2D eigenvalue weighted by Gasteiger charge is -2.16. The molecule has 5 aromatic rings. The summed E-state index contributed by atoms with van der Waals surface area (Å²) in [4.78, 5) is 37.9. The molecule has 3 aromatic heterocycles. The second-order valence-electron chi connectivity index (χ2n) is 11.5. The molecule has 0 spiro atoms. The first-order chi connectivity index (χ1) is 22.7. The molecule has 0 aliphatic heterocycles. The maximum Gasteiger partial charge on any atom is 0.341 e. The van der Waals surface area contributed by atoms with Gasteiger partial charge in [-0.3, -0.25) is 4.79 Å². The molecule has 242 valence electrons. The summed E-state index contributed by atoms with van der Waals surface area (Å²) in [7, 11) is -4.18. The van der Waals surface area contributed by atoms with Crippen LogP contribution in [0.5, 0.6) is 5.75 Å². The number of carbonyl (C=O) groups is 2. The normalized spacial score (nSPS) is 13.0. The largest absolute Gasteiger partial charge is 0.491 e. The molecule has 0 radical (unpaired) electrons. The molecule has 47 heavy (non-hydrogen) atoms. The molecule has 12 heteroatoms. The summed E-state index contributed by atoms with van der Waals surface area (Å²) in [6.45, 7) is 6.05. The maximum absolute atomic E-state index is 14.3. The van der Waals surface area contributed by atoms with Crippen molar-refractivity contribution in [2.75, 3.05) is 11.9 Å². The van der Waals surface area contributed by atoms with Gasteiger partial charge in [-0.2, -0.15) is 0 Å². The van der Waals surface area contributed by atoms with Gasteiger partial charge in [0.1, 0.15) is 22.8 Å². The molecular formula is C35H35N5O6S. The summed E-state index contributed by atoms with van der Waals surface area (Å²) in [5, 5.41) is 6.45. The van der Waals surface area contributed by atoms with E-state index in [-0.39, 0.29) is 40.7 Å². The number of hydrogen-bond acceptors (Lipinski definition) is 9. The zero-order valence-corrected chi connectivity index (χ0v) is 27.1. The number of rotatable bonds is 12. The zero-order valence-electron chi connectivity index (χ0n) is 26.2. The maximum atomic E-state index is 14.3. The van der Waals surface area contributed by atoms with E-state index in [4.69, 9.17) is 9.47 Å².